The number of aliphatic hydroxyl groups is 2. The highest BCUT2D eigenvalue weighted by Gasteiger charge is 2.43. The van der Waals surface area contributed by atoms with Crippen LogP contribution >= 0.6 is 0 Å². The molecule has 2 N–H and O–H groups in total. The lowest BCUT2D eigenvalue weighted by Crippen LogP contribution is -2.40. The SMILES string of the molecule is N#CC1=CC(O)(F)C(O)C(C#N)=C1c1cc(F)cc(F)c1. The van der Waals surface area contributed by atoms with Gasteiger partial charge in [-0.3, -0.25) is 0 Å². The maximum absolute atomic E-state index is 13.7. The van der Waals surface area contributed by atoms with E-state index in [0.29, 0.717) is 12.1 Å². The van der Waals surface area contributed by atoms with Crippen molar-refractivity contribution in [3.8, 4) is 12.1 Å². The molecule has 0 amide bonds. The number of nitrogens with zero attached hydrogens (tertiary/aromatic N) is 2. The largest absolute Gasteiger partial charge is 0.381 e. The highest BCUT2D eigenvalue weighted by molar-refractivity contribution is 5.89. The number of alkyl halides is 1. The van der Waals surface area contributed by atoms with E-state index in [1.54, 1.807) is 0 Å². The molecule has 2 rings (SSSR count). The first-order chi connectivity index (χ1) is 9.80. The summed E-state index contributed by atoms with van der Waals surface area (Å²) in [6.45, 7) is 0. The summed E-state index contributed by atoms with van der Waals surface area (Å²) in [5.74, 6) is -5.25. The summed E-state index contributed by atoms with van der Waals surface area (Å²) in [6.07, 6.45) is -1.86. The Kier molecular flexibility index (Phi) is 3.56. The molecule has 4 nitrogen and oxygen atoms in total. The molecule has 7 heteroatoms. The third-order valence-electron chi connectivity index (χ3n) is 2.93. The van der Waals surface area contributed by atoms with E-state index in [-0.39, 0.29) is 11.1 Å². The monoisotopic (exact) mass is 292 g/mol. The molecule has 0 saturated carbocycles. The molecule has 0 spiro atoms. The Morgan fingerprint density at radius 3 is 2.14 bits per heavy atom. The highest BCUT2D eigenvalue weighted by Crippen LogP contribution is 2.38. The van der Waals surface area contributed by atoms with Gasteiger partial charge >= 0.3 is 0 Å². The van der Waals surface area contributed by atoms with Crippen molar-refractivity contribution < 1.29 is 23.4 Å². The summed E-state index contributed by atoms with van der Waals surface area (Å²) in [5.41, 5.74) is -1.74. The summed E-state index contributed by atoms with van der Waals surface area (Å²) in [5, 5.41) is 37.0. The van der Waals surface area contributed by atoms with Crippen LogP contribution < -0.4 is 0 Å². The van der Waals surface area contributed by atoms with Crippen LogP contribution in [0.5, 0.6) is 0 Å². The molecule has 0 aliphatic heterocycles. The second-order valence-corrected chi connectivity index (χ2v) is 4.36. The Morgan fingerprint density at radius 2 is 1.67 bits per heavy atom. The van der Waals surface area contributed by atoms with Gasteiger partial charge in [0.25, 0.3) is 5.85 Å². The minimum atomic E-state index is -3.31. The lowest BCUT2D eigenvalue weighted by molar-refractivity contribution is -0.116. The zero-order chi connectivity index (χ0) is 15.8. The van der Waals surface area contributed by atoms with Gasteiger partial charge in [-0.15, -0.1) is 0 Å². The van der Waals surface area contributed by atoms with Crippen molar-refractivity contribution in [1.82, 2.24) is 0 Å². The van der Waals surface area contributed by atoms with E-state index in [0.717, 1.165) is 12.1 Å². The molecule has 21 heavy (non-hydrogen) atoms. The second-order valence-electron chi connectivity index (χ2n) is 4.36. The van der Waals surface area contributed by atoms with Crippen LogP contribution in [0.4, 0.5) is 13.2 Å². The number of nitriles is 2. The van der Waals surface area contributed by atoms with E-state index in [1.165, 1.54) is 12.1 Å². The van der Waals surface area contributed by atoms with E-state index < -0.39 is 34.7 Å². The molecule has 1 aromatic carbocycles. The van der Waals surface area contributed by atoms with Crippen molar-refractivity contribution in [1.29, 1.82) is 10.5 Å². The molecular weight excluding hydrogens is 285 g/mol. The first-order valence-electron chi connectivity index (χ1n) is 5.63. The highest BCUT2D eigenvalue weighted by atomic mass is 19.2. The molecule has 106 valence electrons. The van der Waals surface area contributed by atoms with Crippen molar-refractivity contribution in [2.45, 2.75) is 12.0 Å². The third kappa shape index (κ3) is 2.52. The van der Waals surface area contributed by atoms with Crippen molar-refractivity contribution in [2.75, 3.05) is 0 Å². The zero-order valence-corrected chi connectivity index (χ0v) is 10.3. The van der Waals surface area contributed by atoms with Crippen molar-refractivity contribution in [2.24, 2.45) is 0 Å². The topological polar surface area (TPSA) is 88.0 Å². The number of hydrogen-bond donors (Lipinski definition) is 2. The third-order valence-corrected chi connectivity index (χ3v) is 2.93. The van der Waals surface area contributed by atoms with E-state index >= 15 is 0 Å². The first-order valence-corrected chi connectivity index (χ1v) is 5.63. The zero-order valence-electron chi connectivity index (χ0n) is 10.3. The standard InChI is InChI=1S/C14H7F3N2O2/c15-9-1-7(2-10(16)3-9)12-8(5-18)4-14(17,21)13(20)11(12)6-19/h1-4,13,20-21H. The van der Waals surface area contributed by atoms with Crippen LogP contribution in [0.2, 0.25) is 0 Å². The Balaban J connectivity index is 2.77. The van der Waals surface area contributed by atoms with Gasteiger partial charge in [-0.05, 0) is 17.7 Å². The summed E-state index contributed by atoms with van der Waals surface area (Å²) < 4.78 is 40.3. The first kappa shape index (κ1) is 14.8. The Morgan fingerprint density at radius 1 is 1.10 bits per heavy atom. The van der Waals surface area contributed by atoms with Crippen LogP contribution in [0.3, 0.4) is 0 Å². The number of rotatable bonds is 1. The van der Waals surface area contributed by atoms with E-state index in [9.17, 15) is 23.4 Å². The fraction of sp³-hybridized carbons (Fsp3) is 0.143. The van der Waals surface area contributed by atoms with Gasteiger partial charge in [0.2, 0.25) is 0 Å². The van der Waals surface area contributed by atoms with Crippen LogP contribution in [0.25, 0.3) is 5.57 Å². The van der Waals surface area contributed by atoms with Gasteiger partial charge in [0, 0.05) is 17.7 Å². The predicted molar refractivity (Wildman–Crippen MR) is 64.7 cm³/mol. The smallest absolute Gasteiger partial charge is 0.258 e. The van der Waals surface area contributed by atoms with Crippen LogP contribution in [-0.2, 0) is 0 Å². The van der Waals surface area contributed by atoms with Crippen molar-refractivity contribution in [3.05, 3.63) is 52.6 Å². The van der Waals surface area contributed by atoms with Crippen LogP contribution in [0, 0.1) is 34.3 Å². The lowest BCUT2D eigenvalue weighted by Gasteiger charge is -2.28. The fourth-order valence-corrected chi connectivity index (χ4v) is 2.05. The maximum Gasteiger partial charge on any atom is 0.258 e. The molecule has 0 bridgehead atoms. The number of halogens is 3. The molecule has 2 unspecified atom stereocenters. The normalized spacial score (nSPS) is 25.1. The summed E-state index contributed by atoms with van der Waals surface area (Å²) in [7, 11) is 0. The quantitative estimate of drug-likeness (QED) is 0.825. The van der Waals surface area contributed by atoms with E-state index in [2.05, 4.69) is 0 Å². The Hall–Kier alpha value is -2.61. The number of allylic oxidation sites excluding steroid dienone is 2. The summed E-state index contributed by atoms with van der Waals surface area (Å²) in [4.78, 5) is 0. The van der Waals surface area contributed by atoms with E-state index in [4.69, 9.17) is 10.5 Å². The van der Waals surface area contributed by atoms with Crippen LogP contribution in [0.15, 0.2) is 35.4 Å². The fourth-order valence-electron chi connectivity index (χ4n) is 2.05. The Bertz CT molecular complexity index is 734. The summed E-state index contributed by atoms with van der Waals surface area (Å²) >= 11 is 0. The van der Waals surface area contributed by atoms with Crippen molar-refractivity contribution >= 4 is 5.57 Å². The lowest BCUT2D eigenvalue weighted by atomic mass is 9.83. The van der Waals surface area contributed by atoms with Gasteiger partial charge in [-0.2, -0.15) is 10.5 Å². The molecule has 0 heterocycles. The van der Waals surface area contributed by atoms with Gasteiger partial charge in [0.15, 0.2) is 6.10 Å². The number of hydrogen-bond acceptors (Lipinski definition) is 4. The molecular formula is C14H7F3N2O2. The molecule has 1 aromatic rings. The number of benzene rings is 1. The maximum atomic E-state index is 13.7. The summed E-state index contributed by atoms with van der Waals surface area (Å²) in [6, 6.07) is 5.22. The van der Waals surface area contributed by atoms with Crippen LogP contribution in [0.1, 0.15) is 5.56 Å². The van der Waals surface area contributed by atoms with Gasteiger partial charge in [0.1, 0.15) is 11.6 Å². The molecule has 1 aliphatic carbocycles. The Labute approximate surface area is 117 Å². The molecule has 0 fully saturated rings. The van der Waals surface area contributed by atoms with Gasteiger partial charge < -0.3 is 10.2 Å². The molecule has 2 atom stereocenters. The van der Waals surface area contributed by atoms with Crippen LogP contribution in [-0.4, -0.2) is 22.2 Å². The number of aliphatic hydroxyl groups excluding tert-OH is 1. The predicted octanol–water partition coefficient (Wildman–Crippen LogP) is 1.72. The second kappa shape index (κ2) is 5.06. The molecule has 0 saturated heterocycles. The molecule has 0 aromatic heterocycles. The molecule has 1 aliphatic rings. The van der Waals surface area contributed by atoms with Gasteiger partial charge in [0.05, 0.1) is 23.3 Å². The van der Waals surface area contributed by atoms with Crippen molar-refractivity contribution in [3.63, 3.8) is 0 Å². The minimum absolute atomic E-state index is 0.216. The van der Waals surface area contributed by atoms with Gasteiger partial charge in [-0.25, -0.2) is 13.2 Å². The van der Waals surface area contributed by atoms with E-state index in [1.807, 2.05) is 0 Å². The minimum Gasteiger partial charge on any atom is -0.381 e. The van der Waals surface area contributed by atoms with Gasteiger partial charge in [-0.1, -0.05) is 0 Å². The average molecular weight is 292 g/mol. The average Bonchev–Trinajstić information content (AvgIpc) is 2.39. The molecule has 0 radical (unpaired) electrons.